The number of piperidine rings is 1. The Morgan fingerprint density at radius 3 is 2.68 bits per heavy atom. The molecule has 1 aromatic heterocycles. The van der Waals surface area contributed by atoms with Crippen LogP contribution in [0.1, 0.15) is 41.2 Å². The molecule has 1 atom stereocenters. The number of benzene rings is 2. The van der Waals surface area contributed by atoms with Gasteiger partial charge in [-0.15, -0.1) is 0 Å². The summed E-state index contributed by atoms with van der Waals surface area (Å²) in [6.45, 7) is 2.77. The molecule has 8 heteroatoms. The van der Waals surface area contributed by atoms with E-state index in [1.807, 2.05) is 30.3 Å². The van der Waals surface area contributed by atoms with Crippen molar-refractivity contribution in [1.29, 1.82) is 0 Å². The lowest BCUT2D eigenvalue weighted by Crippen LogP contribution is -2.39. The molecule has 2 aromatic carbocycles. The first kappa shape index (κ1) is 21.5. The topological polar surface area (TPSA) is 51.4 Å². The molecule has 0 amide bonds. The summed E-state index contributed by atoms with van der Waals surface area (Å²) in [5.41, 5.74) is 0.967. The molecule has 31 heavy (non-hydrogen) atoms. The van der Waals surface area contributed by atoms with Crippen LogP contribution in [0.3, 0.4) is 0 Å². The molecule has 3 aromatic rings. The predicted molar refractivity (Wildman–Crippen MR) is 108 cm³/mol. The first-order valence-electron chi connectivity index (χ1n) is 10.3. The Bertz CT molecular complexity index is 975. The highest BCUT2D eigenvalue weighted by Gasteiger charge is 2.30. The molecule has 0 bridgehead atoms. The molecule has 0 radical (unpaired) electrons. The summed E-state index contributed by atoms with van der Waals surface area (Å²) in [5, 5.41) is 3.94. The van der Waals surface area contributed by atoms with Crippen molar-refractivity contribution >= 4 is 0 Å². The molecule has 5 nitrogen and oxygen atoms in total. The molecule has 164 valence electrons. The van der Waals surface area contributed by atoms with Crippen molar-refractivity contribution in [3.63, 3.8) is 0 Å². The minimum absolute atomic E-state index is 0.140. The standard InChI is InChI=1S/C23H24F3N3O2/c24-23(25,26)19-9-4-8-18(12-19)13-21-27-22(31-28-21)15-29-11-5-10-20(14-29)30-16-17-6-2-1-3-7-17/h1-4,6-9,12,20H,5,10-11,13-16H2. The minimum Gasteiger partial charge on any atom is -0.372 e. The van der Waals surface area contributed by atoms with Crippen LogP contribution >= 0.6 is 0 Å². The number of hydrogen-bond donors (Lipinski definition) is 0. The molecular formula is C23H24F3N3O2. The minimum atomic E-state index is -4.37. The van der Waals surface area contributed by atoms with Crippen LogP contribution in [0.25, 0.3) is 0 Å². The fraction of sp³-hybridized carbons (Fsp3) is 0.391. The Labute approximate surface area is 178 Å². The van der Waals surface area contributed by atoms with E-state index in [1.165, 1.54) is 6.07 Å². The SMILES string of the molecule is FC(F)(F)c1cccc(Cc2noc(CN3CCCC(OCc4ccccc4)C3)n2)c1. The van der Waals surface area contributed by atoms with E-state index < -0.39 is 11.7 Å². The highest BCUT2D eigenvalue weighted by molar-refractivity contribution is 5.27. The monoisotopic (exact) mass is 431 g/mol. The second kappa shape index (κ2) is 9.62. The molecular weight excluding hydrogens is 407 g/mol. The van der Waals surface area contributed by atoms with E-state index in [2.05, 4.69) is 15.0 Å². The highest BCUT2D eigenvalue weighted by Crippen LogP contribution is 2.29. The van der Waals surface area contributed by atoms with Gasteiger partial charge in [0.05, 0.1) is 24.8 Å². The van der Waals surface area contributed by atoms with E-state index in [0.717, 1.165) is 43.6 Å². The summed E-state index contributed by atoms with van der Waals surface area (Å²) in [4.78, 5) is 6.58. The molecule has 0 saturated carbocycles. The molecule has 4 rings (SSSR count). The number of aromatic nitrogens is 2. The molecule has 1 aliphatic heterocycles. The Hall–Kier alpha value is -2.71. The summed E-state index contributed by atoms with van der Waals surface area (Å²) in [5.74, 6) is 0.842. The van der Waals surface area contributed by atoms with Crippen molar-refractivity contribution in [2.24, 2.45) is 0 Å². The van der Waals surface area contributed by atoms with E-state index >= 15 is 0 Å². The molecule has 1 unspecified atom stereocenters. The van der Waals surface area contributed by atoms with Crippen LogP contribution in [0.15, 0.2) is 59.1 Å². The van der Waals surface area contributed by atoms with Crippen LogP contribution in [0.5, 0.6) is 0 Å². The maximum atomic E-state index is 12.9. The molecule has 2 heterocycles. The van der Waals surface area contributed by atoms with Gasteiger partial charge in [0.25, 0.3) is 0 Å². The zero-order valence-electron chi connectivity index (χ0n) is 17.0. The third-order valence-corrected chi connectivity index (χ3v) is 5.28. The van der Waals surface area contributed by atoms with Gasteiger partial charge in [-0.25, -0.2) is 0 Å². The molecule has 1 saturated heterocycles. The van der Waals surface area contributed by atoms with Crippen LogP contribution in [0.4, 0.5) is 13.2 Å². The van der Waals surface area contributed by atoms with Crippen LogP contribution in [-0.4, -0.2) is 34.2 Å². The molecule has 1 aliphatic rings. The number of nitrogens with zero attached hydrogens (tertiary/aromatic N) is 3. The van der Waals surface area contributed by atoms with Gasteiger partial charge < -0.3 is 9.26 Å². The zero-order chi connectivity index (χ0) is 21.7. The van der Waals surface area contributed by atoms with Crippen LogP contribution < -0.4 is 0 Å². The van der Waals surface area contributed by atoms with Gasteiger partial charge in [0.2, 0.25) is 5.89 Å². The highest BCUT2D eigenvalue weighted by atomic mass is 19.4. The van der Waals surface area contributed by atoms with Gasteiger partial charge in [-0.1, -0.05) is 53.7 Å². The Kier molecular flexibility index (Phi) is 6.67. The Morgan fingerprint density at radius 1 is 1.06 bits per heavy atom. The van der Waals surface area contributed by atoms with E-state index in [-0.39, 0.29) is 12.5 Å². The smallest absolute Gasteiger partial charge is 0.372 e. The van der Waals surface area contributed by atoms with Crippen molar-refractivity contribution < 1.29 is 22.4 Å². The summed E-state index contributed by atoms with van der Waals surface area (Å²) >= 11 is 0. The molecule has 1 fully saturated rings. The van der Waals surface area contributed by atoms with E-state index in [9.17, 15) is 13.2 Å². The maximum absolute atomic E-state index is 12.9. The summed E-state index contributed by atoms with van der Waals surface area (Å²) in [6.07, 6.45) is -2.01. The second-order valence-electron chi connectivity index (χ2n) is 7.78. The van der Waals surface area contributed by atoms with Gasteiger partial charge in [0.1, 0.15) is 0 Å². The van der Waals surface area contributed by atoms with Crippen LogP contribution in [0.2, 0.25) is 0 Å². The number of rotatable bonds is 7. The maximum Gasteiger partial charge on any atom is 0.416 e. The lowest BCUT2D eigenvalue weighted by molar-refractivity contribution is -0.137. The molecule has 0 N–H and O–H groups in total. The number of hydrogen-bond acceptors (Lipinski definition) is 5. The van der Waals surface area contributed by atoms with Gasteiger partial charge in [-0.2, -0.15) is 18.2 Å². The normalized spacial score (nSPS) is 17.7. The van der Waals surface area contributed by atoms with Gasteiger partial charge >= 0.3 is 6.18 Å². The van der Waals surface area contributed by atoms with Crippen molar-refractivity contribution in [1.82, 2.24) is 15.0 Å². The van der Waals surface area contributed by atoms with E-state index in [1.54, 1.807) is 6.07 Å². The number of likely N-dealkylation sites (tertiary alicyclic amines) is 1. The van der Waals surface area contributed by atoms with Gasteiger partial charge in [-0.3, -0.25) is 4.90 Å². The number of ether oxygens (including phenoxy) is 1. The van der Waals surface area contributed by atoms with Crippen LogP contribution in [-0.2, 0) is 30.5 Å². The van der Waals surface area contributed by atoms with E-state index in [0.29, 0.717) is 30.4 Å². The van der Waals surface area contributed by atoms with Crippen molar-refractivity contribution in [3.8, 4) is 0 Å². The van der Waals surface area contributed by atoms with Gasteiger partial charge in [0, 0.05) is 13.0 Å². The first-order chi connectivity index (χ1) is 15.0. The van der Waals surface area contributed by atoms with Gasteiger partial charge in [0.15, 0.2) is 5.82 Å². The zero-order valence-corrected chi connectivity index (χ0v) is 17.0. The lowest BCUT2D eigenvalue weighted by atomic mass is 10.1. The fourth-order valence-electron chi connectivity index (χ4n) is 3.74. The van der Waals surface area contributed by atoms with Crippen molar-refractivity contribution in [2.45, 2.75) is 44.7 Å². The van der Waals surface area contributed by atoms with Crippen LogP contribution in [0, 0.1) is 0 Å². The summed E-state index contributed by atoms with van der Waals surface area (Å²) in [7, 11) is 0. The predicted octanol–water partition coefficient (Wildman–Crippen LogP) is 4.86. The quantitative estimate of drug-likeness (QED) is 0.535. The first-order valence-corrected chi connectivity index (χ1v) is 10.3. The molecule has 0 spiro atoms. The average Bonchev–Trinajstić information content (AvgIpc) is 3.19. The summed E-state index contributed by atoms with van der Waals surface area (Å²) in [6, 6.07) is 15.3. The number of halogens is 3. The third-order valence-electron chi connectivity index (χ3n) is 5.28. The Morgan fingerprint density at radius 2 is 1.87 bits per heavy atom. The lowest BCUT2D eigenvalue weighted by Gasteiger charge is -2.31. The summed E-state index contributed by atoms with van der Waals surface area (Å²) < 4.78 is 50.1. The van der Waals surface area contributed by atoms with Crippen molar-refractivity contribution in [3.05, 3.63) is 83.0 Å². The molecule has 0 aliphatic carbocycles. The second-order valence-corrected chi connectivity index (χ2v) is 7.78. The van der Waals surface area contributed by atoms with Crippen molar-refractivity contribution in [2.75, 3.05) is 13.1 Å². The van der Waals surface area contributed by atoms with E-state index in [4.69, 9.17) is 9.26 Å². The Balaban J connectivity index is 1.30. The number of alkyl halides is 3. The van der Waals surface area contributed by atoms with Gasteiger partial charge in [-0.05, 0) is 36.6 Å². The fourth-order valence-corrected chi connectivity index (χ4v) is 3.74. The largest absolute Gasteiger partial charge is 0.416 e. The third kappa shape index (κ3) is 6.15. The average molecular weight is 431 g/mol.